The van der Waals surface area contributed by atoms with E-state index in [1.54, 1.807) is 0 Å². The van der Waals surface area contributed by atoms with Crippen LogP contribution in [0.4, 0.5) is 0 Å². The van der Waals surface area contributed by atoms with E-state index < -0.39 is 86.3 Å². The van der Waals surface area contributed by atoms with E-state index in [-0.39, 0.29) is 60.5 Å². The summed E-state index contributed by atoms with van der Waals surface area (Å²) in [6.45, 7) is 7.88. The van der Waals surface area contributed by atoms with Crippen LogP contribution in [-0.4, -0.2) is 130 Å². The van der Waals surface area contributed by atoms with Crippen LogP contribution in [0.15, 0.2) is 0 Å². The number of rotatable bonds is 8. The molecule has 0 amide bonds. The number of aliphatic hydroxyl groups excluding tert-OH is 6. The fourth-order valence-corrected chi connectivity index (χ4v) is 4.88. The summed E-state index contributed by atoms with van der Waals surface area (Å²) in [5.41, 5.74) is 0. The topological polar surface area (TPSA) is 189 Å². The van der Waals surface area contributed by atoms with E-state index in [4.69, 9.17) is 23.7 Å². The Bertz CT molecular complexity index is 681. The molecule has 12 nitrogen and oxygen atoms in total. The van der Waals surface area contributed by atoms with Crippen molar-refractivity contribution in [1.82, 2.24) is 5.32 Å². The summed E-state index contributed by atoms with van der Waals surface area (Å²) in [5.74, 6) is -0.0622. The Morgan fingerprint density at radius 1 is 0.946 bits per heavy atom. The molecule has 0 aromatic rings. The smallest absolute Gasteiger partial charge is 0.161 e. The van der Waals surface area contributed by atoms with Crippen molar-refractivity contribution in [3.63, 3.8) is 0 Å². The molecule has 0 saturated carbocycles. The molecule has 0 radical (unpaired) electrons. The van der Waals surface area contributed by atoms with Crippen LogP contribution in [-0.2, 0) is 65.8 Å². The number of aliphatic hydroxyl groups is 6. The van der Waals surface area contributed by atoms with Gasteiger partial charge < -0.3 is 66.6 Å². The van der Waals surface area contributed by atoms with Crippen LogP contribution in [0, 0.1) is 19.3 Å². The molecule has 14 heteroatoms. The van der Waals surface area contributed by atoms with Gasteiger partial charge in [0.15, 0.2) is 6.29 Å². The zero-order chi connectivity index (χ0) is 25.4. The Labute approximate surface area is 245 Å². The van der Waals surface area contributed by atoms with Crippen molar-refractivity contribution in [2.24, 2.45) is 5.92 Å². The fourth-order valence-electron chi connectivity index (χ4n) is 4.88. The summed E-state index contributed by atoms with van der Waals surface area (Å²) in [4.78, 5) is 0. The predicted molar refractivity (Wildman–Crippen MR) is 118 cm³/mol. The number of ether oxygens (including phenoxy) is 5. The average molecular weight is 697 g/mol. The molecule has 0 aliphatic carbocycles. The Balaban J connectivity index is 0.00000241. The Morgan fingerprint density at radius 3 is 2.19 bits per heavy atom. The minimum absolute atomic E-state index is 0. The third kappa shape index (κ3) is 8.23. The molecule has 0 spiro atoms. The molecule has 216 valence electrons. The predicted octanol–water partition coefficient (Wildman–Crippen LogP) is -2.79. The monoisotopic (exact) mass is 701 g/mol. The molecule has 4 aliphatic rings. The van der Waals surface area contributed by atoms with Crippen LogP contribution >= 0.6 is 0 Å². The van der Waals surface area contributed by atoms with E-state index in [1.165, 1.54) is 6.42 Å². The zero-order valence-corrected chi connectivity index (χ0v) is 24.8. The molecule has 37 heavy (non-hydrogen) atoms. The third-order valence-electron chi connectivity index (χ3n) is 7.07. The van der Waals surface area contributed by atoms with E-state index in [2.05, 4.69) is 12.2 Å². The summed E-state index contributed by atoms with van der Waals surface area (Å²) in [5, 5.41) is 64.4. The van der Waals surface area contributed by atoms with Crippen LogP contribution in [0.2, 0.25) is 0 Å². The van der Waals surface area contributed by atoms with Crippen molar-refractivity contribution >= 4 is 0 Å². The van der Waals surface area contributed by atoms with E-state index in [0.29, 0.717) is 6.42 Å². The van der Waals surface area contributed by atoms with Crippen molar-refractivity contribution in [1.29, 1.82) is 0 Å². The fraction of sp³-hybridized carbons (Fsp3) is 0.913. The van der Waals surface area contributed by atoms with Crippen molar-refractivity contribution in [3.8, 4) is 0 Å². The normalized spacial score (nSPS) is 48.2. The molecule has 7 N–H and O–H groups in total. The largest absolute Gasteiger partial charge is 0.422 e. The van der Waals surface area contributed by atoms with Crippen LogP contribution in [0.25, 0.3) is 0 Å². The van der Waals surface area contributed by atoms with Gasteiger partial charge in [-0.3, -0.25) is 0 Å². The first kappa shape index (κ1) is 34.1. The quantitative estimate of drug-likeness (QED) is 0.0787. The van der Waals surface area contributed by atoms with Crippen molar-refractivity contribution in [2.45, 2.75) is 112 Å². The first-order valence-electron chi connectivity index (χ1n) is 12.3. The molecule has 0 aromatic carbocycles. The number of nitrogens with one attached hydrogen (secondary N) is 1. The number of hydrogen-bond donors (Lipinski definition) is 7. The minimum atomic E-state index is -1.27. The molecular formula is C23H39Mo2NO11-2. The van der Waals surface area contributed by atoms with Gasteiger partial charge in [0.05, 0.1) is 31.0 Å². The van der Waals surface area contributed by atoms with Gasteiger partial charge in [0, 0.05) is 67.4 Å². The summed E-state index contributed by atoms with van der Waals surface area (Å²) in [7, 11) is 0. The minimum Gasteiger partial charge on any atom is -0.422 e. The van der Waals surface area contributed by atoms with Gasteiger partial charge in [0.1, 0.15) is 30.5 Å². The first-order chi connectivity index (χ1) is 16.6. The molecule has 4 saturated heterocycles. The Kier molecular flexibility index (Phi) is 13.5. The van der Waals surface area contributed by atoms with Crippen LogP contribution in [0.1, 0.15) is 26.7 Å². The maximum Gasteiger partial charge on any atom is 0.161 e. The summed E-state index contributed by atoms with van der Waals surface area (Å²) >= 11 is 0. The first-order valence-corrected chi connectivity index (χ1v) is 12.3. The molecule has 0 aromatic heterocycles. The molecule has 7 unspecified atom stereocenters. The maximum atomic E-state index is 11.3. The zero-order valence-electron chi connectivity index (χ0n) is 20.8. The van der Waals surface area contributed by atoms with Gasteiger partial charge in [-0.25, -0.2) is 6.42 Å². The van der Waals surface area contributed by atoms with E-state index in [9.17, 15) is 30.6 Å². The van der Waals surface area contributed by atoms with Crippen molar-refractivity contribution in [3.05, 3.63) is 13.3 Å². The third-order valence-corrected chi connectivity index (χ3v) is 7.07. The second kappa shape index (κ2) is 14.7. The van der Waals surface area contributed by atoms with E-state index in [0.717, 1.165) is 6.54 Å². The van der Waals surface area contributed by atoms with Gasteiger partial charge >= 0.3 is 0 Å². The van der Waals surface area contributed by atoms with Gasteiger partial charge in [-0.1, -0.05) is 13.8 Å². The molecular weight excluding hydrogens is 658 g/mol. The van der Waals surface area contributed by atoms with Gasteiger partial charge in [0.25, 0.3) is 0 Å². The molecule has 4 aliphatic heterocycles. The van der Waals surface area contributed by atoms with Crippen LogP contribution in [0.3, 0.4) is 0 Å². The van der Waals surface area contributed by atoms with Gasteiger partial charge in [-0.2, -0.15) is 0 Å². The van der Waals surface area contributed by atoms with Gasteiger partial charge in [-0.05, 0) is 24.5 Å². The van der Waals surface area contributed by atoms with Crippen molar-refractivity contribution < 1.29 is 96.5 Å². The molecule has 4 rings (SSSR count). The summed E-state index contributed by atoms with van der Waals surface area (Å²) in [6, 6.07) is 0.223. The summed E-state index contributed by atoms with van der Waals surface area (Å²) in [6.07, 6.45) is -11.3. The molecule has 4 heterocycles. The molecule has 4 fully saturated rings. The molecule has 14 atom stereocenters. The SMILES string of the molecule is [CH2-]C1OC(O[C@H]2C(C(C)C)O[C@H](CC3CN3)[C@@H](O)[C@@H]2OC2C[C@@H](O)[C@H](O)C(CO)O2)[CH-]C(O)[C@@H]1O.[Mo].[Mo]. The summed E-state index contributed by atoms with van der Waals surface area (Å²) < 4.78 is 29.9. The van der Waals surface area contributed by atoms with Crippen molar-refractivity contribution in [2.75, 3.05) is 13.2 Å². The standard InChI is InChI=1S/C23H39NO11.2Mo/c1-9(2)21-23(35-16-5-12(26)18(28)10(3)31-16)22(20(30)14(33-21)4-11-7-24-11)34-17-6-13(27)19(29)15(8-25)32-17;;/h5,9-30H,3-4,6-8H2,1-2H3;;/q-2;;/t10?,11?,12?,13-,14-,15?,16?,17?,18-,19+,20-,21?,22+,23+;;/m1../s1. The maximum absolute atomic E-state index is 11.3. The van der Waals surface area contributed by atoms with Crippen LogP contribution in [0.5, 0.6) is 0 Å². The second-order valence-electron chi connectivity index (χ2n) is 10.2. The molecule has 0 bridgehead atoms. The Morgan fingerprint density at radius 2 is 1.62 bits per heavy atom. The number of hydrogen-bond acceptors (Lipinski definition) is 12. The van der Waals surface area contributed by atoms with E-state index >= 15 is 0 Å². The average Bonchev–Trinajstić information content (AvgIpc) is 3.62. The second-order valence-corrected chi connectivity index (χ2v) is 10.2. The van der Waals surface area contributed by atoms with Gasteiger partial charge in [0.2, 0.25) is 0 Å². The Hall–Kier alpha value is 0.897. The van der Waals surface area contributed by atoms with Gasteiger partial charge in [-0.15, -0.1) is 0 Å². The van der Waals surface area contributed by atoms with Crippen LogP contribution < -0.4 is 5.32 Å². The van der Waals surface area contributed by atoms with E-state index in [1.807, 2.05) is 13.8 Å².